The van der Waals surface area contributed by atoms with Crippen LogP contribution in [0.1, 0.15) is 53.5 Å². The summed E-state index contributed by atoms with van der Waals surface area (Å²) in [5.74, 6) is -2.35. The molecular weight excluding hydrogens is 476 g/mol. The van der Waals surface area contributed by atoms with Crippen LogP contribution in [0.5, 0.6) is 0 Å². The maximum absolute atomic E-state index is 13.3. The van der Waals surface area contributed by atoms with Gasteiger partial charge in [-0.25, -0.2) is 17.9 Å². The van der Waals surface area contributed by atoms with Crippen molar-refractivity contribution in [1.29, 1.82) is 0 Å². The number of esters is 1. The van der Waals surface area contributed by atoms with E-state index in [1.54, 1.807) is 53.7 Å². The minimum Gasteiger partial charge on any atom is -0.466 e. The first-order valence-corrected chi connectivity index (χ1v) is 13.2. The van der Waals surface area contributed by atoms with E-state index in [0.29, 0.717) is 0 Å². The molecule has 0 spiro atoms. The number of carbonyl (C=O) groups is 2. The Kier molecular flexibility index (Phi) is 7.85. The van der Waals surface area contributed by atoms with Gasteiger partial charge in [0, 0.05) is 0 Å². The molecule has 2 aliphatic rings. The fourth-order valence-electron chi connectivity index (χ4n) is 4.39. The summed E-state index contributed by atoms with van der Waals surface area (Å²) in [7, 11) is -4.00. The topological polar surface area (TPSA) is 129 Å². The van der Waals surface area contributed by atoms with Gasteiger partial charge in [0.2, 0.25) is 10.0 Å². The molecule has 1 unspecified atom stereocenters. The highest BCUT2D eigenvalue weighted by atomic mass is 32.2. The molecule has 0 aromatic heterocycles. The highest BCUT2D eigenvalue weighted by Crippen LogP contribution is 2.41. The molecule has 2 fully saturated rings. The predicted molar refractivity (Wildman–Crippen MR) is 127 cm³/mol. The molecule has 11 heteroatoms. The van der Waals surface area contributed by atoms with Gasteiger partial charge in [-0.15, -0.1) is 0 Å². The lowest BCUT2D eigenvalue weighted by molar-refractivity contribution is -0.163. The van der Waals surface area contributed by atoms with Crippen molar-refractivity contribution in [1.82, 2.24) is 10.0 Å². The van der Waals surface area contributed by atoms with Gasteiger partial charge < -0.3 is 24.3 Å². The lowest BCUT2D eigenvalue weighted by Gasteiger charge is -2.41. The summed E-state index contributed by atoms with van der Waals surface area (Å²) >= 11 is 0. The number of rotatable bonds is 6. The van der Waals surface area contributed by atoms with E-state index in [4.69, 9.17) is 18.9 Å². The van der Waals surface area contributed by atoms with E-state index in [1.165, 1.54) is 12.1 Å². The summed E-state index contributed by atoms with van der Waals surface area (Å²) in [6, 6.07) is 4.63. The van der Waals surface area contributed by atoms with E-state index in [1.807, 2.05) is 6.92 Å². The number of fused-ring (bicyclic) bond motifs is 1. The summed E-state index contributed by atoms with van der Waals surface area (Å²) in [5, 5.41) is 2.74. The minimum absolute atomic E-state index is 0.0692. The third-order valence-corrected chi connectivity index (χ3v) is 7.24. The molecule has 1 aromatic carbocycles. The van der Waals surface area contributed by atoms with Crippen LogP contribution < -0.4 is 10.0 Å². The summed E-state index contributed by atoms with van der Waals surface area (Å²) in [5.41, 5.74) is 0.144. The van der Waals surface area contributed by atoms with Crippen molar-refractivity contribution in [2.24, 2.45) is 5.92 Å². The SMILES string of the molecule is CCOC(=O)C1C[C@H](NC(=O)OC(C)(C)C)[C@@H](NS(=O)(=O)c2ccc(C)cc2)[C@@H]2OC(C)(C)O[C@H]12. The van der Waals surface area contributed by atoms with Crippen molar-refractivity contribution >= 4 is 22.1 Å². The number of amides is 1. The van der Waals surface area contributed by atoms with Crippen LogP contribution in [0.25, 0.3) is 0 Å². The molecule has 2 N–H and O–H groups in total. The molecule has 196 valence electrons. The molecule has 3 rings (SSSR count). The summed E-state index contributed by atoms with van der Waals surface area (Å²) in [4.78, 5) is 25.6. The number of sulfonamides is 1. The predicted octanol–water partition coefficient (Wildman–Crippen LogP) is 2.64. The Morgan fingerprint density at radius 2 is 1.71 bits per heavy atom. The zero-order chi connectivity index (χ0) is 26.2. The van der Waals surface area contributed by atoms with E-state index in [0.717, 1.165) is 5.56 Å². The molecular formula is C24H36N2O8S. The number of carbonyl (C=O) groups excluding carboxylic acids is 2. The van der Waals surface area contributed by atoms with Crippen molar-refractivity contribution in [2.45, 2.75) is 95.5 Å². The van der Waals surface area contributed by atoms with Gasteiger partial charge in [0.05, 0.1) is 29.5 Å². The molecule has 1 saturated heterocycles. The van der Waals surface area contributed by atoms with E-state index in [9.17, 15) is 18.0 Å². The number of nitrogens with one attached hydrogen (secondary N) is 2. The largest absolute Gasteiger partial charge is 0.466 e. The van der Waals surface area contributed by atoms with Crippen molar-refractivity contribution in [3.63, 3.8) is 0 Å². The fourth-order valence-corrected chi connectivity index (χ4v) is 5.68. The lowest BCUT2D eigenvalue weighted by atomic mass is 9.78. The van der Waals surface area contributed by atoms with Crippen LogP contribution >= 0.6 is 0 Å². The number of hydrogen-bond acceptors (Lipinski definition) is 8. The first-order chi connectivity index (χ1) is 16.1. The second-order valence-electron chi connectivity index (χ2n) is 10.4. The van der Waals surface area contributed by atoms with E-state index in [2.05, 4.69) is 10.0 Å². The number of benzene rings is 1. The highest BCUT2D eigenvalue weighted by molar-refractivity contribution is 7.89. The second-order valence-corrected chi connectivity index (χ2v) is 12.1. The molecule has 0 radical (unpaired) electrons. The standard InChI is InChI=1S/C24H36N2O8S/c1-8-31-21(27)16-13-17(25-22(28)34-23(3,4)5)18(20-19(16)32-24(6,7)33-20)26-35(29,30)15-11-9-14(2)10-12-15/h9-12,16-20,26H,8,13H2,1-7H3,(H,25,28)/t16?,17-,18+,19+,20-/m0/s1. The van der Waals surface area contributed by atoms with Gasteiger partial charge in [0.25, 0.3) is 0 Å². The second kappa shape index (κ2) is 10.0. The van der Waals surface area contributed by atoms with Crippen LogP contribution in [-0.4, -0.2) is 62.8 Å². The first-order valence-electron chi connectivity index (χ1n) is 11.7. The van der Waals surface area contributed by atoms with Crippen LogP contribution in [-0.2, 0) is 33.8 Å². The normalized spacial score (nSPS) is 28.1. The van der Waals surface area contributed by atoms with Crippen LogP contribution in [0.15, 0.2) is 29.2 Å². The minimum atomic E-state index is -4.00. The Morgan fingerprint density at radius 3 is 2.29 bits per heavy atom. The summed E-state index contributed by atoms with van der Waals surface area (Å²) in [6.07, 6.45) is -2.30. The zero-order valence-corrected chi connectivity index (χ0v) is 22.1. The maximum Gasteiger partial charge on any atom is 0.407 e. The molecule has 10 nitrogen and oxygen atoms in total. The summed E-state index contributed by atoms with van der Waals surface area (Å²) < 4.78 is 52.1. The number of alkyl carbamates (subject to hydrolysis) is 1. The third-order valence-electron chi connectivity index (χ3n) is 5.77. The van der Waals surface area contributed by atoms with Gasteiger partial charge in [-0.3, -0.25) is 4.79 Å². The van der Waals surface area contributed by atoms with Crippen molar-refractivity contribution in [2.75, 3.05) is 6.61 Å². The van der Waals surface area contributed by atoms with Gasteiger partial charge in [0.15, 0.2) is 5.79 Å². The van der Waals surface area contributed by atoms with Gasteiger partial charge in [-0.1, -0.05) is 17.7 Å². The number of ether oxygens (including phenoxy) is 4. The highest BCUT2D eigenvalue weighted by Gasteiger charge is 2.57. The molecule has 1 aliphatic heterocycles. The van der Waals surface area contributed by atoms with Crippen LogP contribution in [0.4, 0.5) is 4.79 Å². The van der Waals surface area contributed by atoms with E-state index >= 15 is 0 Å². The number of aryl methyl sites for hydroxylation is 1. The molecule has 35 heavy (non-hydrogen) atoms. The van der Waals surface area contributed by atoms with E-state index < -0.39 is 63.7 Å². The van der Waals surface area contributed by atoms with Gasteiger partial charge in [-0.2, -0.15) is 0 Å². The Labute approximate surface area is 207 Å². The fraction of sp³-hybridized carbons (Fsp3) is 0.667. The summed E-state index contributed by atoms with van der Waals surface area (Å²) in [6.45, 7) is 12.3. The smallest absolute Gasteiger partial charge is 0.407 e. The Balaban J connectivity index is 1.98. The van der Waals surface area contributed by atoms with Gasteiger partial charge >= 0.3 is 12.1 Å². The monoisotopic (exact) mass is 512 g/mol. The Bertz CT molecular complexity index is 1030. The van der Waals surface area contributed by atoms with Crippen LogP contribution in [0.3, 0.4) is 0 Å². The zero-order valence-electron chi connectivity index (χ0n) is 21.3. The van der Waals surface area contributed by atoms with Gasteiger partial charge in [0.1, 0.15) is 17.8 Å². The third kappa shape index (κ3) is 6.72. The van der Waals surface area contributed by atoms with Crippen LogP contribution in [0.2, 0.25) is 0 Å². The molecule has 1 heterocycles. The average Bonchev–Trinajstić information content (AvgIpc) is 3.03. The molecule has 1 saturated carbocycles. The average molecular weight is 513 g/mol. The molecule has 1 amide bonds. The molecule has 0 bridgehead atoms. The Morgan fingerprint density at radius 1 is 1.11 bits per heavy atom. The number of hydrogen-bond donors (Lipinski definition) is 2. The van der Waals surface area contributed by atoms with Crippen molar-refractivity contribution < 1.29 is 37.0 Å². The Hall–Kier alpha value is -2.21. The quantitative estimate of drug-likeness (QED) is 0.557. The van der Waals surface area contributed by atoms with Crippen molar-refractivity contribution in [3.8, 4) is 0 Å². The van der Waals surface area contributed by atoms with Gasteiger partial charge in [-0.05, 0) is 67.0 Å². The molecule has 1 aromatic rings. The maximum atomic E-state index is 13.3. The van der Waals surface area contributed by atoms with E-state index in [-0.39, 0.29) is 17.9 Å². The molecule has 5 atom stereocenters. The first kappa shape index (κ1) is 27.4. The lowest BCUT2D eigenvalue weighted by Crippen LogP contribution is -2.65. The molecule has 1 aliphatic carbocycles. The van der Waals surface area contributed by atoms with Crippen LogP contribution in [0, 0.1) is 12.8 Å². The van der Waals surface area contributed by atoms with Crippen molar-refractivity contribution in [3.05, 3.63) is 29.8 Å².